The molecule has 1 aromatic heterocycles. The van der Waals surface area contributed by atoms with E-state index in [2.05, 4.69) is 16.4 Å². The largest absolute Gasteiger partial charge is 0.461 e. The molecule has 21 heavy (non-hydrogen) atoms. The van der Waals surface area contributed by atoms with Gasteiger partial charge in [-0.05, 0) is 49.8 Å². The Morgan fingerprint density at radius 1 is 1.38 bits per heavy atom. The van der Waals surface area contributed by atoms with Gasteiger partial charge < -0.3 is 14.5 Å². The molecule has 0 saturated carbocycles. The number of aryl methyl sites for hydroxylation is 1. The molecule has 110 valence electrons. The van der Waals surface area contributed by atoms with E-state index in [0.717, 1.165) is 18.5 Å². The van der Waals surface area contributed by atoms with Crippen LogP contribution in [0.5, 0.6) is 0 Å². The lowest BCUT2D eigenvalue weighted by molar-refractivity contribution is 0.0519. The smallest absolute Gasteiger partial charge is 0.360 e. The highest BCUT2D eigenvalue weighted by Crippen LogP contribution is 2.29. The van der Waals surface area contributed by atoms with Crippen LogP contribution < -0.4 is 5.32 Å². The van der Waals surface area contributed by atoms with Crippen LogP contribution in [0.2, 0.25) is 0 Å². The summed E-state index contributed by atoms with van der Waals surface area (Å²) in [6, 6.07) is 6.52. The number of nitrogens with zero attached hydrogens (tertiary/aromatic N) is 1. The first-order valence-electron chi connectivity index (χ1n) is 7.28. The molecule has 0 radical (unpaired) electrons. The molecule has 2 aromatic rings. The Balaban J connectivity index is 1.80. The summed E-state index contributed by atoms with van der Waals surface area (Å²) in [7, 11) is 0. The summed E-state index contributed by atoms with van der Waals surface area (Å²) in [6.45, 7) is 2.08. The zero-order valence-corrected chi connectivity index (χ0v) is 12.0. The molecular weight excluding hydrogens is 268 g/mol. The number of rotatable bonds is 4. The van der Waals surface area contributed by atoms with Crippen molar-refractivity contribution in [1.82, 2.24) is 4.98 Å². The average molecular weight is 286 g/mol. The van der Waals surface area contributed by atoms with E-state index in [4.69, 9.17) is 9.15 Å². The highest BCUT2D eigenvalue weighted by Gasteiger charge is 2.16. The van der Waals surface area contributed by atoms with E-state index in [1.54, 1.807) is 6.92 Å². The van der Waals surface area contributed by atoms with E-state index < -0.39 is 5.97 Å². The van der Waals surface area contributed by atoms with Crippen molar-refractivity contribution in [3.63, 3.8) is 0 Å². The Labute approximate surface area is 123 Å². The van der Waals surface area contributed by atoms with Crippen molar-refractivity contribution in [2.24, 2.45) is 0 Å². The fraction of sp³-hybridized carbons (Fsp3) is 0.375. The van der Waals surface area contributed by atoms with Gasteiger partial charge >= 0.3 is 5.97 Å². The number of nitrogens with one attached hydrogen (secondary N) is 1. The number of aromatic nitrogens is 1. The normalized spacial score (nSPS) is 13.6. The van der Waals surface area contributed by atoms with Crippen molar-refractivity contribution < 1.29 is 13.9 Å². The monoisotopic (exact) mass is 286 g/mol. The number of oxazole rings is 1. The third kappa shape index (κ3) is 2.91. The van der Waals surface area contributed by atoms with Gasteiger partial charge in [0.2, 0.25) is 0 Å². The molecule has 0 amide bonds. The molecule has 0 bridgehead atoms. The van der Waals surface area contributed by atoms with Crippen LogP contribution >= 0.6 is 0 Å². The van der Waals surface area contributed by atoms with E-state index in [1.165, 1.54) is 30.2 Å². The Morgan fingerprint density at radius 3 is 3.10 bits per heavy atom. The third-order valence-electron chi connectivity index (χ3n) is 3.63. The molecule has 5 nitrogen and oxygen atoms in total. The van der Waals surface area contributed by atoms with Gasteiger partial charge in [-0.15, -0.1) is 0 Å². The molecule has 1 aliphatic rings. The second kappa shape index (κ2) is 5.99. The van der Waals surface area contributed by atoms with Gasteiger partial charge in [-0.25, -0.2) is 4.79 Å². The van der Waals surface area contributed by atoms with Crippen LogP contribution in [0.4, 0.5) is 11.7 Å². The molecule has 0 saturated heterocycles. The molecule has 1 N–H and O–H groups in total. The number of benzene rings is 1. The van der Waals surface area contributed by atoms with Gasteiger partial charge in [0.05, 0.1) is 6.61 Å². The Kier molecular flexibility index (Phi) is 3.90. The number of hydrogen-bond donors (Lipinski definition) is 1. The standard InChI is InChI=1S/C16H18N2O3/c1-2-20-15(19)14-10-21-16(18-14)17-13-9-5-7-11-6-3-4-8-12(11)13/h5,7,9-10H,2-4,6,8H2,1H3,(H,17,18). The van der Waals surface area contributed by atoms with Crippen LogP contribution in [0.1, 0.15) is 41.4 Å². The fourth-order valence-corrected chi connectivity index (χ4v) is 2.64. The lowest BCUT2D eigenvalue weighted by Gasteiger charge is -2.18. The van der Waals surface area contributed by atoms with Gasteiger partial charge in [0.1, 0.15) is 6.26 Å². The summed E-state index contributed by atoms with van der Waals surface area (Å²) in [4.78, 5) is 15.7. The summed E-state index contributed by atoms with van der Waals surface area (Å²) in [6.07, 6.45) is 5.93. The molecule has 5 heteroatoms. The lowest BCUT2D eigenvalue weighted by Crippen LogP contribution is -2.07. The highest BCUT2D eigenvalue weighted by molar-refractivity contribution is 5.87. The van der Waals surface area contributed by atoms with E-state index >= 15 is 0 Å². The quantitative estimate of drug-likeness (QED) is 0.872. The predicted octanol–water partition coefficient (Wildman–Crippen LogP) is 3.47. The van der Waals surface area contributed by atoms with Gasteiger partial charge in [0.15, 0.2) is 5.69 Å². The van der Waals surface area contributed by atoms with E-state index in [9.17, 15) is 4.79 Å². The zero-order chi connectivity index (χ0) is 14.7. The average Bonchev–Trinajstić information content (AvgIpc) is 2.97. The minimum absolute atomic E-state index is 0.184. The summed E-state index contributed by atoms with van der Waals surface area (Å²) in [5.74, 6) is -0.468. The zero-order valence-electron chi connectivity index (χ0n) is 12.0. The maximum Gasteiger partial charge on any atom is 0.360 e. The molecule has 0 aliphatic heterocycles. The van der Waals surface area contributed by atoms with Crippen LogP contribution in [-0.4, -0.2) is 17.6 Å². The molecule has 1 aromatic carbocycles. The van der Waals surface area contributed by atoms with Crippen LogP contribution in [0, 0.1) is 0 Å². The van der Waals surface area contributed by atoms with Gasteiger partial charge in [0.25, 0.3) is 6.01 Å². The Bertz CT molecular complexity index is 649. The van der Waals surface area contributed by atoms with E-state index in [1.807, 2.05) is 12.1 Å². The Morgan fingerprint density at radius 2 is 2.24 bits per heavy atom. The third-order valence-corrected chi connectivity index (χ3v) is 3.63. The number of ether oxygens (including phenoxy) is 1. The second-order valence-electron chi connectivity index (χ2n) is 5.03. The molecule has 1 heterocycles. The molecule has 3 rings (SSSR count). The number of hydrogen-bond acceptors (Lipinski definition) is 5. The molecule has 0 fully saturated rings. The van der Waals surface area contributed by atoms with Gasteiger partial charge in [-0.1, -0.05) is 12.1 Å². The minimum Gasteiger partial charge on any atom is -0.461 e. The van der Waals surface area contributed by atoms with E-state index in [0.29, 0.717) is 12.6 Å². The van der Waals surface area contributed by atoms with Crippen molar-refractivity contribution in [3.05, 3.63) is 41.3 Å². The summed E-state index contributed by atoms with van der Waals surface area (Å²) >= 11 is 0. The first kappa shape index (κ1) is 13.7. The first-order chi connectivity index (χ1) is 10.3. The number of esters is 1. The maximum absolute atomic E-state index is 11.6. The van der Waals surface area contributed by atoms with Crippen molar-refractivity contribution in [2.45, 2.75) is 32.6 Å². The molecule has 0 atom stereocenters. The topological polar surface area (TPSA) is 64.4 Å². The summed E-state index contributed by atoms with van der Waals surface area (Å²) in [5, 5.41) is 3.16. The molecular formula is C16H18N2O3. The van der Waals surface area contributed by atoms with Crippen molar-refractivity contribution in [3.8, 4) is 0 Å². The maximum atomic E-state index is 11.6. The van der Waals surface area contributed by atoms with Crippen LogP contribution in [0.15, 0.2) is 28.9 Å². The number of carbonyl (C=O) groups is 1. The summed E-state index contributed by atoms with van der Waals surface area (Å²) in [5.41, 5.74) is 3.89. The number of anilines is 2. The first-order valence-corrected chi connectivity index (χ1v) is 7.28. The SMILES string of the molecule is CCOC(=O)c1coc(Nc2cccc3c2CCCC3)n1. The number of carbonyl (C=O) groups excluding carboxylic acids is 1. The van der Waals surface area contributed by atoms with Crippen molar-refractivity contribution in [2.75, 3.05) is 11.9 Å². The lowest BCUT2D eigenvalue weighted by atomic mass is 9.90. The van der Waals surface area contributed by atoms with Crippen LogP contribution in [0.25, 0.3) is 0 Å². The predicted molar refractivity (Wildman–Crippen MR) is 78.8 cm³/mol. The molecule has 0 unspecified atom stereocenters. The van der Waals surface area contributed by atoms with Crippen LogP contribution in [-0.2, 0) is 17.6 Å². The molecule has 0 spiro atoms. The minimum atomic E-state index is -0.468. The fourth-order valence-electron chi connectivity index (χ4n) is 2.64. The summed E-state index contributed by atoms with van der Waals surface area (Å²) < 4.78 is 10.2. The highest BCUT2D eigenvalue weighted by atomic mass is 16.5. The van der Waals surface area contributed by atoms with E-state index in [-0.39, 0.29) is 5.69 Å². The van der Waals surface area contributed by atoms with Gasteiger partial charge in [-0.3, -0.25) is 0 Å². The second-order valence-corrected chi connectivity index (χ2v) is 5.03. The molecule has 1 aliphatic carbocycles. The van der Waals surface area contributed by atoms with Crippen LogP contribution in [0.3, 0.4) is 0 Å². The van der Waals surface area contributed by atoms with Crippen molar-refractivity contribution >= 4 is 17.7 Å². The Hall–Kier alpha value is -2.30. The number of fused-ring (bicyclic) bond motifs is 1. The van der Waals surface area contributed by atoms with Crippen molar-refractivity contribution in [1.29, 1.82) is 0 Å². The van der Waals surface area contributed by atoms with Gasteiger partial charge in [0, 0.05) is 5.69 Å². The van der Waals surface area contributed by atoms with Gasteiger partial charge in [-0.2, -0.15) is 4.98 Å².